The predicted molar refractivity (Wildman–Crippen MR) is 116 cm³/mol. The van der Waals surface area contributed by atoms with Crippen LogP contribution in [0.1, 0.15) is 52.7 Å². The minimum absolute atomic E-state index is 0.0609. The van der Waals surface area contributed by atoms with Crippen molar-refractivity contribution in [3.05, 3.63) is 59.7 Å². The van der Waals surface area contributed by atoms with Gasteiger partial charge < -0.3 is 19.9 Å². The van der Waals surface area contributed by atoms with Crippen molar-refractivity contribution in [1.82, 2.24) is 5.32 Å². The average Bonchev–Trinajstić information content (AvgIpc) is 2.59. The Morgan fingerprint density at radius 3 is 2.13 bits per heavy atom. The number of carbonyl (C=O) groups is 2. The molecule has 0 saturated heterocycles. The van der Waals surface area contributed by atoms with Gasteiger partial charge in [0.05, 0.1) is 0 Å². The van der Waals surface area contributed by atoms with Crippen LogP contribution >= 0.6 is 0 Å². The normalized spacial score (nSPS) is 12.7. The number of carboxylic acid groups (broad SMARTS) is 1. The number of hydrogen-bond donors (Lipinski definition) is 2. The van der Waals surface area contributed by atoms with E-state index in [9.17, 15) is 14.7 Å². The van der Waals surface area contributed by atoms with Gasteiger partial charge >= 0.3 is 12.1 Å². The molecule has 2 rings (SSSR count). The lowest BCUT2D eigenvalue weighted by Gasteiger charge is -2.22. The van der Waals surface area contributed by atoms with Gasteiger partial charge in [0.15, 0.2) is 0 Å². The van der Waals surface area contributed by atoms with E-state index in [4.69, 9.17) is 9.47 Å². The first-order valence-corrected chi connectivity index (χ1v) is 9.93. The second kappa shape index (κ2) is 9.20. The Morgan fingerprint density at radius 1 is 0.967 bits per heavy atom. The number of rotatable bonds is 6. The third-order valence-corrected chi connectivity index (χ3v) is 4.28. The lowest BCUT2D eigenvalue weighted by molar-refractivity contribution is -0.139. The maximum Gasteiger partial charge on any atom is 0.408 e. The van der Waals surface area contributed by atoms with Crippen molar-refractivity contribution in [2.24, 2.45) is 0 Å². The highest BCUT2D eigenvalue weighted by Gasteiger charge is 2.24. The van der Waals surface area contributed by atoms with Gasteiger partial charge in [-0.15, -0.1) is 0 Å². The molecule has 1 amide bonds. The van der Waals surface area contributed by atoms with E-state index < -0.39 is 23.7 Å². The van der Waals surface area contributed by atoms with Crippen LogP contribution in [0.25, 0.3) is 0 Å². The van der Waals surface area contributed by atoms with Crippen molar-refractivity contribution in [2.45, 2.75) is 65.0 Å². The monoisotopic (exact) mass is 413 g/mol. The van der Waals surface area contributed by atoms with Crippen LogP contribution in [0.15, 0.2) is 48.5 Å². The van der Waals surface area contributed by atoms with Gasteiger partial charge in [-0.1, -0.05) is 45.0 Å². The highest BCUT2D eigenvalue weighted by atomic mass is 16.6. The van der Waals surface area contributed by atoms with Gasteiger partial charge in [0.2, 0.25) is 0 Å². The molecule has 2 N–H and O–H groups in total. The number of aliphatic carboxylic acids is 1. The molecule has 0 aliphatic carbocycles. The molecule has 0 radical (unpaired) electrons. The Hall–Kier alpha value is -3.02. The smallest absolute Gasteiger partial charge is 0.408 e. The van der Waals surface area contributed by atoms with Gasteiger partial charge in [0.1, 0.15) is 23.1 Å². The first-order valence-electron chi connectivity index (χ1n) is 9.93. The molecule has 2 aromatic carbocycles. The second-order valence-corrected chi connectivity index (χ2v) is 9.27. The summed E-state index contributed by atoms with van der Waals surface area (Å²) in [7, 11) is 0. The zero-order chi connectivity index (χ0) is 22.5. The standard InChI is InChI=1S/C24H31NO5/c1-23(2,3)17-10-12-18(13-11-17)29-19-9-7-8-16(14-19)15-20(21(26)27)25-22(28)30-24(4,5)6/h7-14,20H,15H2,1-6H3,(H,25,28)(H,26,27). The Balaban J connectivity index is 2.08. The number of carbonyl (C=O) groups excluding carboxylic acids is 1. The minimum Gasteiger partial charge on any atom is -0.480 e. The first kappa shape index (κ1) is 23.3. The van der Waals surface area contributed by atoms with Crippen molar-refractivity contribution in [2.75, 3.05) is 0 Å². The van der Waals surface area contributed by atoms with Crippen molar-refractivity contribution in [3.63, 3.8) is 0 Å². The Kier molecular flexibility index (Phi) is 7.13. The van der Waals surface area contributed by atoms with Crippen LogP contribution in [0.4, 0.5) is 4.79 Å². The number of alkyl carbamates (subject to hydrolysis) is 1. The quantitative estimate of drug-likeness (QED) is 0.671. The largest absolute Gasteiger partial charge is 0.480 e. The highest BCUT2D eigenvalue weighted by molar-refractivity contribution is 5.80. The predicted octanol–water partition coefficient (Wildman–Crippen LogP) is 5.30. The van der Waals surface area contributed by atoms with E-state index in [1.54, 1.807) is 45.0 Å². The molecule has 0 spiro atoms. The zero-order valence-corrected chi connectivity index (χ0v) is 18.5. The molecule has 0 fully saturated rings. The molecule has 0 aliphatic rings. The molecule has 0 saturated carbocycles. The summed E-state index contributed by atoms with van der Waals surface area (Å²) in [5.41, 5.74) is 1.29. The van der Waals surface area contributed by atoms with E-state index in [0.29, 0.717) is 11.5 Å². The third kappa shape index (κ3) is 7.43. The van der Waals surface area contributed by atoms with Gasteiger partial charge in [-0.25, -0.2) is 9.59 Å². The van der Waals surface area contributed by atoms with E-state index in [2.05, 4.69) is 26.1 Å². The summed E-state index contributed by atoms with van der Waals surface area (Å²) in [4.78, 5) is 23.5. The molecule has 0 aromatic heterocycles. The van der Waals surface area contributed by atoms with Crippen molar-refractivity contribution >= 4 is 12.1 Å². The van der Waals surface area contributed by atoms with Crippen LogP contribution in [0.3, 0.4) is 0 Å². The van der Waals surface area contributed by atoms with Crippen molar-refractivity contribution < 1.29 is 24.2 Å². The summed E-state index contributed by atoms with van der Waals surface area (Å²) >= 11 is 0. The number of amides is 1. The van der Waals surface area contributed by atoms with Crippen LogP contribution in [-0.4, -0.2) is 28.8 Å². The fourth-order valence-electron chi connectivity index (χ4n) is 2.78. The summed E-state index contributed by atoms with van der Waals surface area (Å²) in [5.74, 6) is 0.157. The molecule has 30 heavy (non-hydrogen) atoms. The third-order valence-electron chi connectivity index (χ3n) is 4.28. The summed E-state index contributed by atoms with van der Waals surface area (Å²) < 4.78 is 11.1. The molecule has 162 valence electrons. The number of nitrogens with one attached hydrogen (secondary N) is 1. The fraction of sp³-hybridized carbons (Fsp3) is 0.417. The number of benzene rings is 2. The molecule has 0 heterocycles. The number of carboxylic acids is 1. The number of hydrogen-bond acceptors (Lipinski definition) is 4. The minimum atomic E-state index is -1.13. The van der Waals surface area contributed by atoms with Gasteiger partial charge in [-0.2, -0.15) is 0 Å². The van der Waals surface area contributed by atoms with Crippen LogP contribution < -0.4 is 10.1 Å². The van der Waals surface area contributed by atoms with E-state index >= 15 is 0 Å². The molecule has 0 aliphatic heterocycles. The Bertz CT molecular complexity index is 876. The summed E-state index contributed by atoms with van der Waals surface area (Å²) in [5, 5.41) is 11.9. The highest BCUT2D eigenvalue weighted by Crippen LogP contribution is 2.27. The summed E-state index contributed by atoms with van der Waals surface area (Å²) in [6, 6.07) is 13.9. The molecule has 1 unspecified atom stereocenters. The maximum absolute atomic E-state index is 11.9. The van der Waals surface area contributed by atoms with Gasteiger partial charge in [0, 0.05) is 6.42 Å². The molecule has 0 bridgehead atoms. The molecule has 6 nitrogen and oxygen atoms in total. The molecular formula is C24H31NO5. The first-order chi connectivity index (χ1) is 13.8. The lowest BCUT2D eigenvalue weighted by Crippen LogP contribution is -2.44. The second-order valence-electron chi connectivity index (χ2n) is 9.27. The van der Waals surface area contributed by atoms with Crippen LogP contribution in [0.2, 0.25) is 0 Å². The zero-order valence-electron chi connectivity index (χ0n) is 18.5. The SMILES string of the molecule is CC(C)(C)OC(=O)NC(Cc1cccc(Oc2ccc(C(C)(C)C)cc2)c1)C(=O)O. The number of ether oxygens (including phenoxy) is 2. The molecular weight excluding hydrogens is 382 g/mol. The van der Waals surface area contributed by atoms with E-state index in [1.165, 1.54) is 5.56 Å². The summed E-state index contributed by atoms with van der Waals surface area (Å²) in [6.45, 7) is 11.6. The van der Waals surface area contributed by atoms with Crippen molar-refractivity contribution in [3.8, 4) is 11.5 Å². The van der Waals surface area contributed by atoms with Gasteiger partial charge in [-0.05, 0) is 61.6 Å². The van der Waals surface area contributed by atoms with Crippen LogP contribution in [0, 0.1) is 0 Å². The lowest BCUT2D eigenvalue weighted by atomic mass is 9.87. The van der Waals surface area contributed by atoms with E-state index in [1.807, 2.05) is 24.3 Å². The van der Waals surface area contributed by atoms with Crippen LogP contribution in [-0.2, 0) is 21.4 Å². The van der Waals surface area contributed by atoms with Crippen LogP contribution in [0.5, 0.6) is 11.5 Å². The van der Waals surface area contributed by atoms with Gasteiger partial charge in [0.25, 0.3) is 0 Å². The Labute approximate surface area is 178 Å². The topological polar surface area (TPSA) is 84.9 Å². The fourth-order valence-corrected chi connectivity index (χ4v) is 2.78. The average molecular weight is 414 g/mol. The summed E-state index contributed by atoms with van der Waals surface area (Å²) in [6.07, 6.45) is -0.657. The molecule has 1 atom stereocenters. The molecule has 2 aromatic rings. The Morgan fingerprint density at radius 2 is 1.60 bits per heavy atom. The van der Waals surface area contributed by atoms with Crippen molar-refractivity contribution in [1.29, 1.82) is 0 Å². The molecule has 6 heteroatoms. The van der Waals surface area contributed by atoms with E-state index in [-0.39, 0.29) is 11.8 Å². The van der Waals surface area contributed by atoms with Gasteiger partial charge in [-0.3, -0.25) is 0 Å². The van der Waals surface area contributed by atoms with E-state index in [0.717, 1.165) is 5.56 Å². The maximum atomic E-state index is 11.9.